The lowest BCUT2D eigenvalue weighted by atomic mass is 9.85. The molecule has 1 heterocycles. The maximum absolute atomic E-state index is 11.3. The highest BCUT2D eigenvalue weighted by atomic mass is 16.4. The smallest absolute Gasteiger partial charge is 0.337 e. The third kappa shape index (κ3) is 3.19. The summed E-state index contributed by atoms with van der Waals surface area (Å²) in [5, 5.41) is 9.31. The Hall–Kier alpha value is -1.71. The van der Waals surface area contributed by atoms with E-state index in [1.54, 1.807) is 12.1 Å². The molecule has 0 saturated carbocycles. The number of carboxylic acids is 1. The molecule has 1 fully saturated rings. The van der Waals surface area contributed by atoms with Gasteiger partial charge in [0.05, 0.1) is 11.3 Å². The number of carbonyl (C=O) groups is 1. The summed E-state index contributed by atoms with van der Waals surface area (Å²) in [4.78, 5) is 13.5. The predicted molar refractivity (Wildman–Crippen MR) is 77.7 cm³/mol. The molecule has 0 atom stereocenters. The first-order valence-corrected chi connectivity index (χ1v) is 6.77. The van der Waals surface area contributed by atoms with Crippen molar-refractivity contribution < 1.29 is 9.90 Å². The molecule has 0 amide bonds. The molecule has 19 heavy (non-hydrogen) atoms. The number of rotatable bonds is 2. The van der Waals surface area contributed by atoms with Crippen molar-refractivity contribution in [1.29, 1.82) is 0 Å². The highest BCUT2D eigenvalue weighted by molar-refractivity contribution is 5.95. The van der Waals surface area contributed by atoms with E-state index >= 15 is 0 Å². The van der Waals surface area contributed by atoms with Crippen LogP contribution in [0.3, 0.4) is 0 Å². The second-order valence-electron chi connectivity index (χ2n) is 6.09. The van der Waals surface area contributed by atoms with Crippen molar-refractivity contribution >= 4 is 17.3 Å². The zero-order valence-electron chi connectivity index (χ0n) is 11.6. The first-order valence-electron chi connectivity index (χ1n) is 6.77. The fourth-order valence-electron chi connectivity index (χ4n) is 2.66. The highest BCUT2D eigenvalue weighted by Gasteiger charge is 2.25. The molecule has 1 saturated heterocycles. The van der Waals surface area contributed by atoms with Gasteiger partial charge in [-0.1, -0.05) is 13.8 Å². The molecule has 0 aromatic heterocycles. The second kappa shape index (κ2) is 5.11. The Morgan fingerprint density at radius 1 is 1.32 bits per heavy atom. The molecule has 0 aliphatic carbocycles. The number of nitrogens with two attached hydrogens (primary N) is 1. The molecule has 0 radical (unpaired) electrons. The standard InChI is InChI=1S/C15H22N2O2/c1-15(2)6-3-8-17(9-7-15)13-5-4-11(16)10-12(13)14(18)19/h4-5,10H,3,6-9,16H2,1-2H3,(H,18,19). The van der Waals surface area contributed by atoms with Gasteiger partial charge < -0.3 is 15.7 Å². The van der Waals surface area contributed by atoms with Crippen LogP contribution in [0.1, 0.15) is 43.5 Å². The molecule has 1 aliphatic heterocycles. The molecular formula is C15H22N2O2. The molecule has 3 N–H and O–H groups in total. The van der Waals surface area contributed by atoms with Gasteiger partial charge in [0.2, 0.25) is 0 Å². The molecule has 1 aliphatic rings. The lowest BCUT2D eigenvalue weighted by molar-refractivity contribution is 0.0697. The third-order valence-corrected chi connectivity index (χ3v) is 3.93. The van der Waals surface area contributed by atoms with Crippen molar-refractivity contribution in [2.24, 2.45) is 5.41 Å². The van der Waals surface area contributed by atoms with Crippen molar-refractivity contribution in [3.63, 3.8) is 0 Å². The van der Waals surface area contributed by atoms with E-state index in [2.05, 4.69) is 18.7 Å². The Morgan fingerprint density at radius 3 is 2.74 bits per heavy atom. The average molecular weight is 262 g/mol. The van der Waals surface area contributed by atoms with E-state index in [4.69, 9.17) is 5.73 Å². The SMILES string of the molecule is CC1(C)CCCN(c2ccc(N)cc2C(=O)O)CC1. The van der Waals surface area contributed by atoms with Crippen molar-refractivity contribution in [1.82, 2.24) is 0 Å². The Bertz CT molecular complexity index is 483. The molecule has 4 heteroatoms. The summed E-state index contributed by atoms with van der Waals surface area (Å²) in [7, 11) is 0. The van der Waals surface area contributed by atoms with E-state index in [-0.39, 0.29) is 0 Å². The summed E-state index contributed by atoms with van der Waals surface area (Å²) >= 11 is 0. The molecular weight excluding hydrogens is 240 g/mol. The van der Waals surface area contributed by atoms with Crippen molar-refractivity contribution in [3.8, 4) is 0 Å². The molecule has 1 aromatic rings. The molecule has 104 valence electrons. The van der Waals surface area contributed by atoms with Crippen LogP contribution in [-0.4, -0.2) is 24.2 Å². The molecule has 1 aromatic carbocycles. The van der Waals surface area contributed by atoms with Gasteiger partial charge in [0.25, 0.3) is 0 Å². The second-order valence-corrected chi connectivity index (χ2v) is 6.09. The van der Waals surface area contributed by atoms with Crippen LogP contribution in [0.5, 0.6) is 0 Å². The van der Waals surface area contributed by atoms with Crippen LogP contribution < -0.4 is 10.6 Å². The Kier molecular flexibility index (Phi) is 3.69. The minimum absolute atomic E-state index is 0.305. The molecule has 0 bridgehead atoms. The summed E-state index contributed by atoms with van der Waals surface area (Å²) in [5.74, 6) is -0.911. The average Bonchev–Trinajstić information content (AvgIpc) is 2.50. The Balaban J connectivity index is 2.29. The summed E-state index contributed by atoms with van der Waals surface area (Å²) in [6.07, 6.45) is 3.35. The van der Waals surface area contributed by atoms with E-state index in [9.17, 15) is 9.90 Å². The summed E-state index contributed by atoms with van der Waals surface area (Å²) in [6, 6.07) is 5.16. The van der Waals surface area contributed by atoms with E-state index in [1.165, 1.54) is 6.42 Å². The van der Waals surface area contributed by atoms with Gasteiger partial charge in [0.15, 0.2) is 0 Å². The number of hydrogen-bond donors (Lipinski definition) is 2. The zero-order valence-corrected chi connectivity index (χ0v) is 11.6. The number of hydrogen-bond acceptors (Lipinski definition) is 3. The Morgan fingerprint density at radius 2 is 2.05 bits per heavy atom. The maximum atomic E-state index is 11.3. The van der Waals surface area contributed by atoms with Crippen LogP contribution in [0.4, 0.5) is 11.4 Å². The largest absolute Gasteiger partial charge is 0.478 e. The summed E-state index contributed by atoms with van der Waals surface area (Å²) < 4.78 is 0. The number of benzene rings is 1. The van der Waals surface area contributed by atoms with Gasteiger partial charge in [-0.3, -0.25) is 0 Å². The molecule has 0 unspecified atom stereocenters. The van der Waals surface area contributed by atoms with Gasteiger partial charge in [0, 0.05) is 18.8 Å². The van der Waals surface area contributed by atoms with Crippen molar-refractivity contribution in [3.05, 3.63) is 23.8 Å². The minimum Gasteiger partial charge on any atom is -0.478 e. The van der Waals surface area contributed by atoms with Gasteiger partial charge in [-0.05, 0) is 42.9 Å². The van der Waals surface area contributed by atoms with E-state index in [0.29, 0.717) is 16.7 Å². The molecule has 4 nitrogen and oxygen atoms in total. The summed E-state index contributed by atoms with van der Waals surface area (Å²) in [5.41, 5.74) is 7.62. The van der Waals surface area contributed by atoms with Crippen LogP contribution in [0.2, 0.25) is 0 Å². The highest BCUT2D eigenvalue weighted by Crippen LogP contribution is 2.33. The van der Waals surface area contributed by atoms with Gasteiger partial charge in [-0.25, -0.2) is 4.79 Å². The van der Waals surface area contributed by atoms with Crippen molar-refractivity contribution in [2.45, 2.75) is 33.1 Å². The van der Waals surface area contributed by atoms with Crippen molar-refractivity contribution in [2.75, 3.05) is 23.7 Å². The number of carboxylic acid groups (broad SMARTS) is 1. The molecule has 0 spiro atoms. The Labute approximate surface area is 114 Å². The minimum atomic E-state index is -0.911. The first kappa shape index (κ1) is 13.7. The lowest BCUT2D eigenvalue weighted by Crippen LogP contribution is -2.26. The number of nitrogens with zero attached hydrogens (tertiary/aromatic N) is 1. The number of nitrogen functional groups attached to an aromatic ring is 1. The third-order valence-electron chi connectivity index (χ3n) is 3.93. The fraction of sp³-hybridized carbons (Fsp3) is 0.533. The predicted octanol–water partition coefficient (Wildman–Crippen LogP) is 2.98. The van der Waals surface area contributed by atoms with E-state index < -0.39 is 5.97 Å². The quantitative estimate of drug-likeness (QED) is 0.804. The van der Waals surface area contributed by atoms with Crippen LogP contribution >= 0.6 is 0 Å². The first-order chi connectivity index (χ1) is 8.89. The normalized spacial score (nSPS) is 18.9. The van der Waals surface area contributed by atoms with E-state index in [1.807, 2.05) is 6.07 Å². The lowest BCUT2D eigenvalue weighted by Gasteiger charge is -2.26. The number of aromatic carboxylic acids is 1. The van der Waals surface area contributed by atoms with Crippen LogP contribution in [-0.2, 0) is 0 Å². The van der Waals surface area contributed by atoms with Crippen LogP contribution in [0.25, 0.3) is 0 Å². The van der Waals surface area contributed by atoms with Gasteiger partial charge in [-0.2, -0.15) is 0 Å². The van der Waals surface area contributed by atoms with Crippen LogP contribution in [0, 0.1) is 5.41 Å². The zero-order chi connectivity index (χ0) is 14.0. The van der Waals surface area contributed by atoms with Crippen LogP contribution in [0.15, 0.2) is 18.2 Å². The maximum Gasteiger partial charge on any atom is 0.337 e. The van der Waals surface area contributed by atoms with Gasteiger partial charge in [0.1, 0.15) is 0 Å². The van der Waals surface area contributed by atoms with E-state index in [0.717, 1.165) is 31.6 Å². The topological polar surface area (TPSA) is 66.6 Å². The van der Waals surface area contributed by atoms with Gasteiger partial charge >= 0.3 is 5.97 Å². The van der Waals surface area contributed by atoms with Gasteiger partial charge in [-0.15, -0.1) is 0 Å². The fourth-order valence-corrected chi connectivity index (χ4v) is 2.66. The molecule has 2 rings (SSSR count). The summed E-state index contributed by atoms with van der Waals surface area (Å²) in [6.45, 7) is 6.36. The monoisotopic (exact) mass is 262 g/mol. The number of anilines is 2.